The summed E-state index contributed by atoms with van der Waals surface area (Å²) in [6.45, 7) is 6.13. The second-order valence-corrected chi connectivity index (χ2v) is 4.98. The van der Waals surface area contributed by atoms with Crippen molar-refractivity contribution in [2.24, 2.45) is 5.92 Å². The van der Waals surface area contributed by atoms with Gasteiger partial charge in [0.05, 0.1) is 14.2 Å². The van der Waals surface area contributed by atoms with Crippen LogP contribution in [0.2, 0.25) is 0 Å². The second-order valence-electron chi connectivity index (χ2n) is 4.98. The second kappa shape index (κ2) is 7.58. The highest BCUT2D eigenvalue weighted by Gasteiger charge is 2.08. The smallest absolute Gasteiger partial charge is 0.244 e. The molecule has 0 spiro atoms. The zero-order valence-electron chi connectivity index (χ0n) is 12.8. The molecule has 1 aromatic rings. The third-order valence-corrected chi connectivity index (χ3v) is 3.22. The fourth-order valence-electron chi connectivity index (χ4n) is 1.56. The summed E-state index contributed by atoms with van der Waals surface area (Å²) in [6.07, 6.45) is 3.25. The van der Waals surface area contributed by atoms with Crippen molar-refractivity contribution in [2.75, 3.05) is 14.2 Å². The molecule has 0 saturated heterocycles. The molecule has 0 saturated carbocycles. The summed E-state index contributed by atoms with van der Waals surface area (Å²) in [6, 6.07) is 5.61. The van der Waals surface area contributed by atoms with E-state index in [9.17, 15) is 4.79 Å². The van der Waals surface area contributed by atoms with Gasteiger partial charge in [-0.1, -0.05) is 13.8 Å². The first-order chi connectivity index (χ1) is 9.47. The molecule has 110 valence electrons. The molecule has 0 aromatic heterocycles. The highest BCUT2D eigenvalue weighted by Crippen LogP contribution is 2.25. The van der Waals surface area contributed by atoms with Gasteiger partial charge in [-0.15, -0.1) is 0 Å². The lowest BCUT2D eigenvalue weighted by Gasteiger charge is -2.15. The van der Waals surface area contributed by atoms with Crippen molar-refractivity contribution in [2.45, 2.75) is 26.8 Å². The van der Waals surface area contributed by atoms with E-state index in [1.807, 2.05) is 19.1 Å². The van der Waals surface area contributed by atoms with Crippen molar-refractivity contribution in [1.29, 1.82) is 0 Å². The van der Waals surface area contributed by atoms with E-state index < -0.39 is 0 Å². The number of carbonyl (C=O) groups is 1. The topological polar surface area (TPSA) is 47.6 Å². The number of ether oxygens (including phenoxy) is 2. The van der Waals surface area contributed by atoms with Crippen molar-refractivity contribution >= 4 is 12.0 Å². The molecule has 1 unspecified atom stereocenters. The summed E-state index contributed by atoms with van der Waals surface area (Å²) in [5, 5.41) is 2.92. The molecule has 0 aliphatic carbocycles. The molecule has 0 bridgehead atoms. The van der Waals surface area contributed by atoms with Gasteiger partial charge >= 0.3 is 0 Å². The molecule has 1 amide bonds. The predicted octanol–water partition coefficient (Wildman–Crippen LogP) is 2.88. The molecule has 4 nitrogen and oxygen atoms in total. The third kappa shape index (κ3) is 4.61. The number of rotatable bonds is 6. The molecule has 4 heteroatoms. The largest absolute Gasteiger partial charge is 0.497 e. The van der Waals surface area contributed by atoms with Crippen molar-refractivity contribution in [3.63, 3.8) is 0 Å². The highest BCUT2D eigenvalue weighted by atomic mass is 16.5. The predicted molar refractivity (Wildman–Crippen MR) is 81.0 cm³/mol. The lowest BCUT2D eigenvalue weighted by molar-refractivity contribution is -0.117. The van der Waals surface area contributed by atoms with Crippen LogP contribution in [-0.4, -0.2) is 26.2 Å². The van der Waals surface area contributed by atoms with Gasteiger partial charge in [0.25, 0.3) is 0 Å². The fourth-order valence-corrected chi connectivity index (χ4v) is 1.56. The Kier molecular flexibility index (Phi) is 6.10. The number of methoxy groups -OCH3 is 2. The molecule has 0 aliphatic rings. The van der Waals surface area contributed by atoms with E-state index in [0.717, 1.165) is 11.3 Å². The molecular formula is C16H23NO3. The van der Waals surface area contributed by atoms with Gasteiger partial charge in [0, 0.05) is 23.7 Å². The minimum Gasteiger partial charge on any atom is -0.497 e. The van der Waals surface area contributed by atoms with E-state index in [1.165, 1.54) is 6.08 Å². The number of nitrogens with one attached hydrogen (secondary N) is 1. The van der Waals surface area contributed by atoms with E-state index in [2.05, 4.69) is 19.2 Å². The lowest BCUT2D eigenvalue weighted by atomic mass is 10.1. The van der Waals surface area contributed by atoms with Gasteiger partial charge in [0.15, 0.2) is 0 Å². The first-order valence-corrected chi connectivity index (χ1v) is 6.68. The Morgan fingerprint density at radius 2 is 1.90 bits per heavy atom. The highest BCUT2D eigenvalue weighted by molar-refractivity contribution is 5.92. The van der Waals surface area contributed by atoms with E-state index in [4.69, 9.17) is 9.47 Å². The molecule has 20 heavy (non-hydrogen) atoms. The molecule has 0 fully saturated rings. The van der Waals surface area contributed by atoms with E-state index in [-0.39, 0.29) is 11.9 Å². The van der Waals surface area contributed by atoms with E-state index >= 15 is 0 Å². The fraction of sp³-hybridized carbons (Fsp3) is 0.438. The van der Waals surface area contributed by atoms with Crippen LogP contribution in [0.3, 0.4) is 0 Å². The van der Waals surface area contributed by atoms with Crippen LogP contribution in [0, 0.1) is 5.92 Å². The molecule has 0 aliphatic heterocycles. The Morgan fingerprint density at radius 3 is 2.45 bits per heavy atom. The maximum Gasteiger partial charge on any atom is 0.244 e. The van der Waals surface area contributed by atoms with Crippen LogP contribution in [-0.2, 0) is 4.79 Å². The Bertz CT molecular complexity index is 481. The molecular weight excluding hydrogens is 254 g/mol. The Hall–Kier alpha value is -1.97. The van der Waals surface area contributed by atoms with Crippen molar-refractivity contribution in [3.05, 3.63) is 29.8 Å². The summed E-state index contributed by atoms with van der Waals surface area (Å²) in [7, 11) is 3.19. The van der Waals surface area contributed by atoms with E-state index in [1.54, 1.807) is 26.4 Å². The van der Waals surface area contributed by atoms with Crippen LogP contribution >= 0.6 is 0 Å². The molecule has 0 radical (unpaired) electrons. The SMILES string of the molecule is COc1ccc(/C=C/C(=O)NC(C)C(C)C)c(OC)c1. The number of hydrogen-bond donors (Lipinski definition) is 1. The summed E-state index contributed by atoms with van der Waals surface area (Å²) in [5.74, 6) is 1.69. The van der Waals surface area contributed by atoms with Crippen LogP contribution < -0.4 is 14.8 Å². The van der Waals surface area contributed by atoms with Gasteiger partial charge in [0.2, 0.25) is 5.91 Å². The first-order valence-electron chi connectivity index (χ1n) is 6.68. The quantitative estimate of drug-likeness (QED) is 0.813. The molecule has 1 aromatic carbocycles. The van der Waals surface area contributed by atoms with Crippen LogP contribution in [0.5, 0.6) is 11.5 Å². The first kappa shape index (κ1) is 16.1. The van der Waals surface area contributed by atoms with Gasteiger partial charge in [-0.2, -0.15) is 0 Å². The van der Waals surface area contributed by atoms with Gasteiger partial charge in [-0.05, 0) is 31.1 Å². The standard InChI is InChI=1S/C16H23NO3/c1-11(2)12(3)17-16(18)9-7-13-6-8-14(19-4)10-15(13)20-5/h6-12H,1-5H3,(H,17,18)/b9-7+. The zero-order chi connectivity index (χ0) is 15.1. The molecule has 1 rings (SSSR count). The Balaban J connectivity index is 2.77. The zero-order valence-corrected chi connectivity index (χ0v) is 12.8. The summed E-state index contributed by atoms with van der Waals surface area (Å²) in [4.78, 5) is 11.8. The molecule has 0 heterocycles. The Morgan fingerprint density at radius 1 is 1.20 bits per heavy atom. The third-order valence-electron chi connectivity index (χ3n) is 3.22. The van der Waals surface area contributed by atoms with Crippen LogP contribution in [0.1, 0.15) is 26.3 Å². The van der Waals surface area contributed by atoms with Crippen LogP contribution in [0.15, 0.2) is 24.3 Å². The molecule has 1 atom stereocenters. The van der Waals surface area contributed by atoms with Gasteiger partial charge in [0.1, 0.15) is 11.5 Å². The normalized spacial score (nSPS) is 12.5. The number of amides is 1. The van der Waals surface area contributed by atoms with Crippen molar-refractivity contribution in [3.8, 4) is 11.5 Å². The average molecular weight is 277 g/mol. The average Bonchev–Trinajstić information content (AvgIpc) is 2.44. The van der Waals surface area contributed by atoms with Crippen molar-refractivity contribution in [1.82, 2.24) is 5.32 Å². The maximum atomic E-state index is 11.8. The lowest BCUT2D eigenvalue weighted by Crippen LogP contribution is -2.34. The number of carbonyl (C=O) groups excluding carboxylic acids is 1. The maximum absolute atomic E-state index is 11.8. The van der Waals surface area contributed by atoms with Gasteiger partial charge in [-0.3, -0.25) is 4.79 Å². The minimum atomic E-state index is -0.107. The van der Waals surface area contributed by atoms with Crippen LogP contribution in [0.4, 0.5) is 0 Å². The van der Waals surface area contributed by atoms with Gasteiger partial charge in [-0.25, -0.2) is 0 Å². The minimum absolute atomic E-state index is 0.107. The van der Waals surface area contributed by atoms with Gasteiger partial charge < -0.3 is 14.8 Å². The summed E-state index contributed by atoms with van der Waals surface area (Å²) >= 11 is 0. The Labute approximate surface area is 120 Å². The van der Waals surface area contributed by atoms with E-state index in [0.29, 0.717) is 11.7 Å². The number of benzene rings is 1. The van der Waals surface area contributed by atoms with Crippen LogP contribution in [0.25, 0.3) is 6.08 Å². The summed E-state index contributed by atoms with van der Waals surface area (Å²) in [5.41, 5.74) is 0.834. The molecule has 1 N–H and O–H groups in total. The van der Waals surface area contributed by atoms with Crippen molar-refractivity contribution < 1.29 is 14.3 Å². The monoisotopic (exact) mass is 277 g/mol. The summed E-state index contributed by atoms with van der Waals surface area (Å²) < 4.78 is 10.4. The number of hydrogen-bond acceptors (Lipinski definition) is 3.